The first kappa shape index (κ1) is 28.2. The lowest BCUT2D eigenvalue weighted by molar-refractivity contribution is 1.12. The standard InChI is InChI=1S/C49H32N2/c1-3-12-32(13-4-1)34-23-26-48-43(28-34)39-16-7-9-19-45(39)50(48)37-25-22-36-30-42-38(41(36)31-37)18-11-21-47(42)51-46-20-10-8-17-40(46)44-29-35(24-27-49(44)51)33-14-5-2-6-15-33/h1-29,31H,30H2. The van der Waals surface area contributed by atoms with E-state index in [1.165, 1.54) is 99.5 Å². The predicted octanol–water partition coefficient (Wildman–Crippen LogP) is 12.8. The lowest BCUT2D eigenvalue weighted by Crippen LogP contribution is -1.99. The second-order valence-corrected chi connectivity index (χ2v) is 13.7. The van der Waals surface area contributed by atoms with Gasteiger partial charge in [0, 0.05) is 33.7 Å². The van der Waals surface area contributed by atoms with Crippen LogP contribution in [0.5, 0.6) is 0 Å². The summed E-state index contributed by atoms with van der Waals surface area (Å²) in [6.45, 7) is 0. The van der Waals surface area contributed by atoms with Gasteiger partial charge in [-0.2, -0.15) is 0 Å². The van der Waals surface area contributed by atoms with E-state index in [9.17, 15) is 0 Å². The molecule has 0 saturated carbocycles. The van der Waals surface area contributed by atoms with Crippen LogP contribution in [0.1, 0.15) is 11.1 Å². The summed E-state index contributed by atoms with van der Waals surface area (Å²) < 4.78 is 4.93. The van der Waals surface area contributed by atoms with Crippen LogP contribution in [-0.2, 0) is 6.42 Å². The minimum absolute atomic E-state index is 0.908. The van der Waals surface area contributed by atoms with Crippen molar-refractivity contribution in [2.75, 3.05) is 0 Å². The zero-order chi connectivity index (χ0) is 33.5. The molecule has 0 atom stereocenters. The van der Waals surface area contributed by atoms with Gasteiger partial charge in [0.25, 0.3) is 0 Å². The van der Waals surface area contributed by atoms with Crippen LogP contribution in [0, 0.1) is 0 Å². The number of hydrogen-bond donors (Lipinski definition) is 0. The van der Waals surface area contributed by atoms with E-state index in [0.717, 1.165) is 6.42 Å². The molecular formula is C49H32N2. The average Bonchev–Trinajstić information content (AvgIpc) is 3.85. The van der Waals surface area contributed by atoms with Crippen molar-refractivity contribution in [3.63, 3.8) is 0 Å². The van der Waals surface area contributed by atoms with Gasteiger partial charge in [0.15, 0.2) is 0 Å². The maximum Gasteiger partial charge on any atom is 0.0541 e. The molecule has 0 spiro atoms. The summed E-state index contributed by atoms with van der Waals surface area (Å²) in [4.78, 5) is 0. The highest BCUT2D eigenvalue weighted by atomic mass is 15.0. The van der Waals surface area contributed by atoms with Gasteiger partial charge in [0.1, 0.15) is 0 Å². The third kappa shape index (κ3) is 4.23. The van der Waals surface area contributed by atoms with Gasteiger partial charge in [0.05, 0.1) is 27.8 Å². The Morgan fingerprint density at radius 3 is 1.53 bits per heavy atom. The van der Waals surface area contributed by atoms with Crippen LogP contribution in [0.25, 0.3) is 88.4 Å². The van der Waals surface area contributed by atoms with Crippen LogP contribution < -0.4 is 0 Å². The summed E-state index contributed by atoms with van der Waals surface area (Å²) >= 11 is 0. The molecule has 0 aliphatic heterocycles. The van der Waals surface area contributed by atoms with Crippen LogP contribution in [0.4, 0.5) is 0 Å². The highest BCUT2D eigenvalue weighted by Gasteiger charge is 2.25. The van der Waals surface area contributed by atoms with Gasteiger partial charge in [-0.1, -0.05) is 127 Å². The smallest absolute Gasteiger partial charge is 0.0541 e. The molecule has 0 N–H and O–H groups in total. The van der Waals surface area contributed by atoms with Crippen LogP contribution in [-0.4, -0.2) is 9.13 Å². The molecule has 1 aliphatic rings. The molecule has 2 heteroatoms. The van der Waals surface area contributed by atoms with Crippen molar-refractivity contribution in [1.82, 2.24) is 9.13 Å². The normalized spacial score (nSPS) is 12.2. The SMILES string of the molecule is c1ccc(-c2ccc3c(c2)c2ccccc2n3-c2ccc3c(c2)-c2cccc(-n4c5ccccc5c5cc(-c6ccccc6)ccc54)c2C3)cc1. The Hall–Kier alpha value is -6.64. The quantitative estimate of drug-likeness (QED) is 0.180. The van der Waals surface area contributed by atoms with Crippen LogP contribution >= 0.6 is 0 Å². The van der Waals surface area contributed by atoms with E-state index < -0.39 is 0 Å². The van der Waals surface area contributed by atoms with Gasteiger partial charge >= 0.3 is 0 Å². The molecule has 0 radical (unpaired) electrons. The van der Waals surface area contributed by atoms with E-state index in [1.807, 2.05) is 0 Å². The van der Waals surface area contributed by atoms with Crippen LogP contribution in [0.2, 0.25) is 0 Å². The van der Waals surface area contributed by atoms with Crippen LogP contribution in [0.15, 0.2) is 182 Å². The molecule has 51 heavy (non-hydrogen) atoms. The third-order valence-electron chi connectivity index (χ3n) is 11.0. The van der Waals surface area contributed by atoms with E-state index >= 15 is 0 Å². The Bertz CT molecular complexity index is 2980. The number of aromatic nitrogens is 2. The molecule has 0 fully saturated rings. The van der Waals surface area contributed by atoms with Crippen LogP contribution in [0.3, 0.4) is 0 Å². The van der Waals surface area contributed by atoms with Crippen molar-refractivity contribution >= 4 is 43.6 Å². The highest BCUT2D eigenvalue weighted by Crippen LogP contribution is 2.44. The summed E-state index contributed by atoms with van der Waals surface area (Å²) in [5, 5.41) is 5.11. The van der Waals surface area contributed by atoms with Gasteiger partial charge in [0.2, 0.25) is 0 Å². The zero-order valence-corrected chi connectivity index (χ0v) is 27.9. The van der Waals surface area contributed by atoms with E-state index in [2.05, 4.69) is 191 Å². The first-order valence-electron chi connectivity index (χ1n) is 17.7. The Morgan fingerprint density at radius 2 is 0.882 bits per heavy atom. The summed E-state index contributed by atoms with van der Waals surface area (Å²) in [6.07, 6.45) is 0.908. The Kier molecular flexibility index (Phi) is 6.05. The van der Waals surface area contributed by atoms with Gasteiger partial charge in [-0.15, -0.1) is 0 Å². The number of hydrogen-bond acceptors (Lipinski definition) is 0. The predicted molar refractivity (Wildman–Crippen MR) is 214 cm³/mol. The molecule has 1 aliphatic carbocycles. The molecule has 11 rings (SSSR count). The van der Waals surface area contributed by atoms with Crippen molar-refractivity contribution in [3.8, 4) is 44.8 Å². The van der Waals surface area contributed by atoms with E-state index in [1.54, 1.807) is 0 Å². The highest BCUT2D eigenvalue weighted by molar-refractivity contribution is 6.12. The Morgan fingerprint density at radius 1 is 0.333 bits per heavy atom. The van der Waals surface area contributed by atoms with E-state index in [0.29, 0.717) is 0 Å². The monoisotopic (exact) mass is 648 g/mol. The lowest BCUT2D eigenvalue weighted by atomic mass is 10.0. The molecule has 2 aromatic heterocycles. The van der Waals surface area contributed by atoms with Gasteiger partial charge in [-0.3, -0.25) is 0 Å². The first-order chi connectivity index (χ1) is 25.3. The molecule has 10 aromatic rings. The fraction of sp³-hybridized carbons (Fsp3) is 0.0204. The summed E-state index contributed by atoms with van der Waals surface area (Å²) in [5.41, 5.74) is 17.7. The number of nitrogens with zero attached hydrogens (tertiary/aromatic N) is 2. The van der Waals surface area contributed by atoms with Gasteiger partial charge in [-0.05, 0) is 99.1 Å². The molecule has 2 heterocycles. The number of benzene rings is 8. The molecular weight excluding hydrogens is 617 g/mol. The second kappa shape index (κ2) is 10.9. The number of rotatable bonds is 4. The molecule has 0 amide bonds. The maximum atomic E-state index is 2.49. The molecule has 0 bridgehead atoms. The van der Waals surface area contributed by atoms with Gasteiger partial charge < -0.3 is 9.13 Å². The fourth-order valence-electron chi connectivity index (χ4n) is 8.62. The average molecular weight is 649 g/mol. The lowest BCUT2D eigenvalue weighted by Gasteiger charge is -2.14. The topological polar surface area (TPSA) is 9.86 Å². The van der Waals surface area contributed by atoms with Crippen molar-refractivity contribution < 1.29 is 0 Å². The Balaban J connectivity index is 1.07. The second-order valence-electron chi connectivity index (χ2n) is 13.7. The largest absolute Gasteiger partial charge is 0.309 e. The van der Waals surface area contributed by atoms with E-state index in [-0.39, 0.29) is 0 Å². The first-order valence-corrected chi connectivity index (χ1v) is 17.7. The van der Waals surface area contributed by atoms with Gasteiger partial charge in [-0.25, -0.2) is 0 Å². The maximum absolute atomic E-state index is 2.49. The molecule has 8 aromatic carbocycles. The Labute approximate surface area is 296 Å². The van der Waals surface area contributed by atoms with E-state index in [4.69, 9.17) is 0 Å². The third-order valence-corrected chi connectivity index (χ3v) is 11.0. The molecule has 238 valence electrons. The number of para-hydroxylation sites is 2. The van der Waals surface area contributed by atoms with Crippen molar-refractivity contribution in [2.24, 2.45) is 0 Å². The minimum atomic E-state index is 0.908. The van der Waals surface area contributed by atoms with Crippen molar-refractivity contribution in [2.45, 2.75) is 6.42 Å². The summed E-state index contributed by atoms with van der Waals surface area (Å²) in [6, 6.07) is 66.8. The minimum Gasteiger partial charge on any atom is -0.309 e. The van der Waals surface area contributed by atoms with Crippen molar-refractivity contribution in [3.05, 3.63) is 193 Å². The van der Waals surface area contributed by atoms with Crippen molar-refractivity contribution in [1.29, 1.82) is 0 Å². The molecule has 0 saturated heterocycles. The zero-order valence-electron chi connectivity index (χ0n) is 27.9. The molecule has 2 nitrogen and oxygen atoms in total. The summed E-state index contributed by atoms with van der Waals surface area (Å²) in [7, 11) is 0. The summed E-state index contributed by atoms with van der Waals surface area (Å²) in [5.74, 6) is 0. The molecule has 0 unspecified atom stereocenters. The number of fused-ring (bicyclic) bond motifs is 9. The fourth-order valence-corrected chi connectivity index (χ4v) is 8.62.